The second-order valence-corrected chi connectivity index (χ2v) is 5.06. The van der Waals surface area contributed by atoms with Crippen molar-refractivity contribution in [2.75, 3.05) is 6.26 Å². The van der Waals surface area contributed by atoms with Crippen LogP contribution >= 0.6 is 11.8 Å². The first-order valence-electron chi connectivity index (χ1n) is 6.10. The van der Waals surface area contributed by atoms with Gasteiger partial charge in [-0.2, -0.15) is 0 Å². The molecule has 1 aliphatic heterocycles. The molecule has 0 aromatic heterocycles. The highest BCUT2D eigenvalue weighted by atomic mass is 32.2. The maximum absolute atomic E-state index is 5.82. The van der Waals surface area contributed by atoms with E-state index in [9.17, 15) is 0 Å². The molecule has 0 aliphatic carbocycles. The maximum Gasteiger partial charge on any atom is 0.639 e. The van der Waals surface area contributed by atoms with E-state index in [1.807, 2.05) is 48.7 Å². The molecule has 0 fully saturated rings. The van der Waals surface area contributed by atoms with Gasteiger partial charge in [-0.1, -0.05) is 42.5 Å². The number of fused-ring (bicyclic) bond motifs is 1. The lowest BCUT2D eigenvalue weighted by atomic mass is 9.88. The molecule has 0 N–H and O–H groups in total. The van der Waals surface area contributed by atoms with E-state index in [1.165, 1.54) is 0 Å². The van der Waals surface area contributed by atoms with E-state index in [0.717, 1.165) is 21.9 Å². The molecule has 94 valence electrons. The first-order chi connectivity index (χ1) is 9.36. The summed E-state index contributed by atoms with van der Waals surface area (Å²) in [6, 6.07) is 17.9. The molecular formula is C15H13BO2S. The van der Waals surface area contributed by atoms with Crippen LogP contribution in [0, 0.1) is 0 Å². The van der Waals surface area contributed by atoms with E-state index in [1.54, 1.807) is 11.8 Å². The van der Waals surface area contributed by atoms with Crippen molar-refractivity contribution in [1.82, 2.24) is 0 Å². The van der Waals surface area contributed by atoms with Crippen molar-refractivity contribution in [2.24, 2.45) is 0 Å². The summed E-state index contributed by atoms with van der Waals surface area (Å²) >= 11 is 1.64. The van der Waals surface area contributed by atoms with Crippen LogP contribution in [0.15, 0.2) is 59.4 Å². The number of benzene rings is 2. The first-order valence-corrected chi connectivity index (χ1v) is 7.32. The van der Waals surface area contributed by atoms with E-state index in [-0.39, 0.29) is 7.12 Å². The molecule has 2 nitrogen and oxygen atoms in total. The molecule has 1 heterocycles. The third kappa shape index (κ3) is 2.63. The zero-order valence-corrected chi connectivity index (χ0v) is 11.4. The van der Waals surface area contributed by atoms with Crippen molar-refractivity contribution in [1.29, 1.82) is 0 Å². The second kappa shape index (κ2) is 5.45. The van der Waals surface area contributed by atoms with E-state index in [0.29, 0.717) is 0 Å². The third-order valence-electron chi connectivity index (χ3n) is 2.89. The van der Waals surface area contributed by atoms with Crippen LogP contribution < -0.4 is 9.31 Å². The van der Waals surface area contributed by atoms with Gasteiger partial charge in [-0.15, -0.1) is 11.8 Å². The smallest absolute Gasteiger partial charge is 0.519 e. The Balaban J connectivity index is 1.84. The monoisotopic (exact) mass is 268 g/mol. The van der Waals surface area contributed by atoms with Gasteiger partial charge in [-0.3, -0.25) is 0 Å². The molecule has 19 heavy (non-hydrogen) atoms. The van der Waals surface area contributed by atoms with Crippen LogP contribution in [0.5, 0.6) is 11.5 Å². The Bertz CT molecular complexity index is 573. The zero-order valence-electron chi connectivity index (χ0n) is 10.6. The van der Waals surface area contributed by atoms with Crippen LogP contribution in [0.1, 0.15) is 5.56 Å². The molecule has 1 aliphatic rings. The average Bonchev–Trinajstić information content (AvgIpc) is 2.89. The molecule has 0 unspecified atom stereocenters. The lowest BCUT2D eigenvalue weighted by molar-refractivity contribution is 0.516. The summed E-state index contributed by atoms with van der Waals surface area (Å²) in [5.74, 6) is 1.61. The van der Waals surface area contributed by atoms with Crippen LogP contribution in [0.2, 0.25) is 0 Å². The fourth-order valence-electron chi connectivity index (χ4n) is 1.95. The third-order valence-corrected chi connectivity index (χ3v) is 3.68. The number of rotatable bonds is 3. The Morgan fingerprint density at radius 3 is 2.11 bits per heavy atom. The van der Waals surface area contributed by atoms with Crippen LogP contribution in [-0.4, -0.2) is 13.4 Å². The Morgan fingerprint density at radius 2 is 1.53 bits per heavy atom. The van der Waals surface area contributed by atoms with Crippen molar-refractivity contribution in [3.8, 4) is 11.5 Å². The minimum Gasteiger partial charge on any atom is -0.519 e. The predicted octanol–water partition coefficient (Wildman–Crippen LogP) is 3.89. The highest BCUT2D eigenvalue weighted by Crippen LogP contribution is 2.36. The molecule has 0 atom stereocenters. The minimum absolute atomic E-state index is 0.340. The second-order valence-electron chi connectivity index (χ2n) is 4.18. The van der Waals surface area contributed by atoms with Gasteiger partial charge < -0.3 is 9.31 Å². The van der Waals surface area contributed by atoms with Gasteiger partial charge in [0.2, 0.25) is 0 Å². The van der Waals surface area contributed by atoms with Gasteiger partial charge in [-0.05, 0) is 30.0 Å². The molecule has 0 amide bonds. The van der Waals surface area contributed by atoms with Crippen molar-refractivity contribution in [3.63, 3.8) is 0 Å². The fraction of sp³-hybridized carbons (Fsp3) is 0.0667. The van der Waals surface area contributed by atoms with Crippen LogP contribution in [0.25, 0.3) is 6.08 Å². The summed E-state index contributed by atoms with van der Waals surface area (Å²) in [4.78, 5) is 1.06. The maximum atomic E-state index is 5.82. The fourth-order valence-corrected chi connectivity index (χ4v) is 2.50. The van der Waals surface area contributed by atoms with E-state index in [2.05, 4.69) is 18.2 Å². The van der Waals surface area contributed by atoms with Crippen molar-refractivity contribution in [3.05, 3.63) is 65.0 Å². The Morgan fingerprint density at radius 1 is 0.947 bits per heavy atom. The van der Waals surface area contributed by atoms with E-state index >= 15 is 0 Å². The molecule has 0 saturated carbocycles. The normalized spacial score (nSPS) is 13.7. The average molecular weight is 268 g/mol. The Labute approximate surface area is 117 Å². The quantitative estimate of drug-likeness (QED) is 0.787. The molecule has 2 aromatic rings. The van der Waals surface area contributed by atoms with Crippen molar-refractivity contribution in [2.45, 2.75) is 0 Å². The Kier molecular flexibility index (Phi) is 3.51. The van der Waals surface area contributed by atoms with Gasteiger partial charge in [0.05, 0.1) is 0 Å². The first kappa shape index (κ1) is 12.2. The lowest BCUT2D eigenvalue weighted by Gasteiger charge is -2.07. The summed E-state index contributed by atoms with van der Waals surface area (Å²) in [6.45, 7) is 0. The molecule has 2 aromatic carbocycles. The number of thioether (sulfide) groups is 1. The lowest BCUT2D eigenvalue weighted by Crippen LogP contribution is -2.26. The summed E-state index contributed by atoms with van der Waals surface area (Å²) in [5, 5.41) is 0. The van der Waals surface area contributed by atoms with Crippen molar-refractivity contribution >= 4 is 25.0 Å². The number of hydrogen-bond acceptors (Lipinski definition) is 3. The highest BCUT2D eigenvalue weighted by Gasteiger charge is 2.35. The number of hydrogen-bond donors (Lipinski definition) is 0. The largest absolute Gasteiger partial charge is 0.639 e. The summed E-state index contributed by atoms with van der Waals surface area (Å²) in [7, 11) is -0.340. The topological polar surface area (TPSA) is 18.5 Å². The molecule has 0 bridgehead atoms. The van der Waals surface area contributed by atoms with Gasteiger partial charge in [0, 0.05) is 4.80 Å². The summed E-state index contributed by atoms with van der Waals surface area (Å²) in [5.41, 5.74) is 1.15. The van der Waals surface area contributed by atoms with Crippen molar-refractivity contribution < 1.29 is 9.31 Å². The molecular weight excluding hydrogens is 255 g/mol. The van der Waals surface area contributed by atoms with Gasteiger partial charge in [0.25, 0.3) is 0 Å². The standard InChI is InChI=1S/C15H13BO2S/c1-19-15(11-12-7-3-2-4-8-12)16-17-13-9-5-6-10-14(13)18-16/h2-11H,1H3/b15-11-. The van der Waals surface area contributed by atoms with Gasteiger partial charge in [0.1, 0.15) is 11.5 Å². The minimum atomic E-state index is -0.340. The van der Waals surface area contributed by atoms with Gasteiger partial charge in [-0.25, -0.2) is 0 Å². The zero-order chi connectivity index (χ0) is 13.1. The Hall–Kier alpha value is -1.81. The molecule has 0 spiro atoms. The van der Waals surface area contributed by atoms with Gasteiger partial charge >= 0.3 is 7.12 Å². The van der Waals surface area contributed by atoms with E-state index < -0.39 is 0 Å². The van der Waals surface area contributed by atoms with Crippen LogP contribution in [-0.2, 0) is 0 Å². The molecule has 4 heteroatoms. The SMILES string of the molecule is CS/C(=C\c1ccccc1)B1Oc2ccccc2O1. The van der Waals surface area contributed by atoms with Crippen LogP contribution in [0.4, 0.5) is 0 Å². The molecule has 3 rings (SSSR count). The van der Waals surface area contributed by atoms with E-state index in [4.69, 9.17) is 9.31 Å². The molecule has 0 saturated heterocycles. The van der Waals surface area contributed by atoms with Gasteiger partial charge in [0.15, 0.2) is 0 Å². The molecule has 0 radical (unpaired) electrons. The number of para-hydroxylation sites is 2. The predicted molar refractivity (Wildman–Crippen MR) is 81.4 cm³/mol. The summed E-state index contributed by atoms with van der Waals surface area (Å²) in [6.07, 6.45) is 4.13. The highest BCUT2D eigenvalue weighted by molar-refractivity contribution is 8.04. The summed E-state index contributed by atoms with van der Waals surface area (Å²) < 4.78 is 11.6. The van der Waals surface area contributed by atoms with Crippen LogP contribution in [0.3, 0.4) is 0 Å².